The molecule has 18 heavy (non-hydrogen) atoms. The van der Waals surface area contributed by atoms with E-state index in [1.54, 1.807) is 12.1 Å². The van der Waals surface area contributed by atoms with Crippen LogP contribution in [-0.2, 0) is 0 Å². The number of nitrogen functional groups attached to an aromatic ring is 1. The SMILES string of the molecule is NC(=O)c1ccc(-c2nc(C(N)=O)c(N)o2)cc1. The number of nitrogens with two attached hydrogens (primary N) is 3. The first-order chi connectivity index (χ1) is 8.49. The molecule has 1 heterocycles. The zero-order valence-electron chi connectivity index (χ0n) is 9.21. The molecule has 0 atom stereocenters. The van der Waals surface area contributed by atoms with Crippen molar-refractivity contribution in [3.05, 3.63) is 35.5 Å². The van der Waals surface area contributed by atoms with Crippen molar-refractivity contribution in [2.45, 2.75) is 0 Å². The van der Waals surface area contributed by atoms with Crippen LogP contribution in [0.15, 0.2) is 28.7 Å². The van der Waals surface area contributed by atoms with Crippen molar-refractivity contribution in [1.29, 1.82) is 0 Å². The maximum atomic E-state index is 11.0. The van der Waals surface area contributed by atoms with Crippen molar-refractivity contribution < 1.29 is 14.0 Å². The number of rotatable bonds is 3. The highest BCUT2D eigenvalue weighted by Crippen LogP contribution is 2.23. The number of aromatic nitrogens is 1. The van der Waals surface area contributed by atoms with Gasteiger partial charge in [-0.15, -0.1) is 0 Å². The van der Waals surface area contributed by atoms with Crippen LogP contribution in [0.5, 0.6) is 0 Å². The average Bonchev–Trinajstić information content (AvgIpc) is 2.71. The Labute approximate surface area is 102 Å². The molecule has 0 aliphatic carbocycles. The van der Waals surface area contributed by atoms with Crippen LogP contribution in [0.2, 0.25) is 0 Å². The third kappa shape index (κ3) is 2.01. The first kappa shape index (κ1) is 11.6. The quantitative estimate of drug-likeness (QED) is 0.706. The standard InChI is InChI=1S/C11H10N4O3/c12-8(16)5-1-3-6(4-2-5)11-15-7(9(13)17)10(14)18-11/h1-4H,14H2,(H2,12,16)(H2,13,17). The molecule has 0 aliphatic heterocycles. The van der Waals surface area contributed by atoms with E-state index in [9.17, 15) is 9.59 Å². The molecule has 0 saturated carbocycles. The summed E-state index contributed by atoms with van der Waals surface area (Å²) in [6.45, 7) is 0. The molecule has 0 unspecified atom stereocenters. The van der Waals surface area contributed by atoms with E-state index in [2.05, 4.69) is 4.98 Å². The molecule has 0 radical (unpaired) electrons. The minimum absolute atomic E-state index is 0.121. The van der Waals surface area contributed by atoms with Gasteiger partial charge in [0.05, 0.1) is 0 Å². The number of carbonyl (C=O) groups excluding carboxylic acids is 2. The molecule has 0 saturated heterocycles. The van der Waals surface area contributed by atoms with Gasteiger partial charge in [-0.05, 0) is 24.3 Å². The largest absolute Gasteiger partial charge is 0.420 e. The van der Waals surface area contributed by atoms with Crippen molar-refractivity contribution in [1.82, 2.24) is 4.98 Å². The van der Waals surface area contributed by atoms with E-state index in [0.717, 1.165) is 0 Å². The molecular weight excluding hydrogens is 236 g/mol. The third-order valence-electron chi connectivity index (χ3n) is 2.30. The Morgan fingerprint density at radius 1 is 1.06 bits per heavy atom. The number of benzene rings is 1. The van der Waals surface area contributed by atoms with Crippen molar-refractivity contribution in [2.75, 3.05) is 5.73 Å². The molecule has 0 bridgehead atoms. The fraction of sp³-hybridized carbons (Fsp3) is 0. The molecule has 0 spiro atoms. The van der Waals surface area contributed by atoms with Gasteiger partial charge in [0.1, 0.15) is 0 Å². The second-order valence-electron chi connectivity index (χ2n) is 3.54. The van der Waals surface area contributed by atoms with Crippen molar-refractivity contribution in [3.8, 4) is 11.5 Å². The molecule has 7 heteroatoms. The maximum absolute atomic E-state index is 11.0. The van der Waals surface area contributed by atoms with Crippen LogP contribution in [0.3, 0.4) is 0 Å². The topological polar surface area (TPSA) is 138 Å². The summed E-state index contributed by atoms with van der Waals surface area (Å²) in [5.74, 6) is -1.30. The van der Waals surface area contributed by atoms with Crippen molar-refractivity contribution in [2.24, 2.45) is 11.5 Å². The second kappa shape index (κ2) is 4.21. The molecule has 6 N–H and O–H groups in total. The van der Waals surface area contributed by atoms with Gasteiger partial charge >= 0.3 is 0 Å². The van der Waals surface area contributed by atoms with E-state index in [0.29, 0.717) is 11.1 Å². The summed E-state index contributed by atoms with van der Waals surface area (Å²) >= 11 is 0. The summed E-state index contributed by atoms with van der Waals surface area (Å²) in [6.07, 6.45) is 0. The Hall–Kier alpha value is -2.83. The number of hydrogen-bond donors (Lipinski definition) is 3. The molecule has 1 aromatic carbocycles. The Kier molecular flexibility index (Phi) is 2.72. The van der Waals surface area contributed by atoms with Crippen molar-refractivity contribution in [3.63, 3.8) is 0 Å². The molecule has 1 aromatic heterocycles. The van der Waals surface area contributed by atoms with Gasteiger partial charge in [-0.25, -0.2) is 4.98 Å². The van der Waals surface area contributed by atoms with Crippen LogP contribution in [0, 0.1) is 0 Å². The lowest BCUT2D eigenvalue weighted by atomic mass is 10.1. The van der Waals surface area contributed by atoms with E-state index < -0.39 is 11.8 Å². The number of anilines is 1. The minimum Gasteiger partial charge on any atom is -0.420 e. The van der Waals surface area contributed by atoms with Gasteiger partial charge in [-0.1, -0.05) is 0 Å². The monoisotopic (exact) mass is 246 g/mol. The van der Waals surface area contributed by atoms with Gasteiger partial charge in [-0.2, -0.15) is 0 Å². The summed E-state index contributed by atoms with van der Waals surface area (Å²) < 4.78 is 5.11. The van der Waals surface area contributed by atoms with Gasteiger partial charge in [-0.3, -0.25) is 9.59 Å². The zero-order chi connectivity index (χ0) is 13.3. The van der Waals surface area contributed by atoms with Gasteiger partial charge in [0.25, 0.3) is 5.91 Å². The van der Waals surface area contributed by atoms with Gasteiger partial charge in [0.2, 0.25) is 17.7 Å². The fourth-order valence-electron chi connectivity index (χ4n) is 1.41. The molecule has 7 nitrogen and oxygen atoms in total. The Balaban J connectivity index is 2.40. The van der Waals surface area contributed by atoms with E-state index in [1.807, 2.05) is 0 Å². The molecule has 2 amide bonds. The Morgan fingerprint density at radius 2 is 1.67 bits per heavy atom. The summed E-state index contributed by atoms with van der Waals surface area (Å²) in [5.41, 5.74) is 16.4. The maximum Gasteiger partial charge on any atom is 0.273 e. The number of primary amides is 2. The van der Waals surface area contributed by atoms with E-state index >= 15 is 0 Å². The number of oxazole rings is 1. The van der Waals surface area contributed by atoms with Gasteiger partial charge in [0, 0.05) is 11.1 Å². The molecule has 0 aliphatic rings. The zero-order valence-corrected chi connectivity index (χ0v) is 9.21. The molecule has 2 rings (SSSR count). The number of hydrogen-bond acceptors (Lipinski definition) is 5. The summed E-state index contributed by atoms with van der Waals surface area (Å²) in [4.78, 5) is 25.7. The summed E-state index contributed by atoms with van der Waals surface area (Å²) in [7, 11) is 0. The molecule has 2 aromatic rings. The van der Waals surface area contributed by atoms with E-state index in [4.69, 9.17) is 21.6 Å². The highest BCUT2D eigenvalue weighted by molar-refractivity contribution is 5.95. The van der Waals surface area contributed by atoms with Crippen LogP contribution < -0.4 is 17.2 Å². The number of amides is 2. The first-order valence-corrected chi connectivity index (χ1v) is 4.95. The lowest BCUT2D eigenvalue weighted by Gasteiger charge is -1.97. The summed E-state index contributed by atoms with van der Waals surface area (Å²) in [5, 5.41) is 0. The third-order valence-corrected chi connectivity index (χ3v) is 2.30. The van der Waals surface area contributed by atoms with Crippen LogP contribution in [0.1, 0.15) is 20.8 Å². The highest BCUT2D eigenvalue weighted by atomic mass is 16.4. The number of nitrogens with zero attached hydrogens (tertiary/aromatic N) is 1. The highest BCUT2D eigenvalue weighted by Gasteiger charge is 2.16. The molecule has 0 fully saturated rings. The summed E-state index contributed by atoms with van der Waals surface area (Å²) in [6, 6.07) is 6.19. The van der Waals surface area contributed by atoms with Gasteiger partial charge in [0.15, 0.2) is 5.69 Å². The van der Waals surface area contributed by atoms with E-state index in [1.165, 1.54) is 12.1 Å². The van der Waals surface area contributed by atoms with Crippen molar-refractivity contribution >= 4 is 17.7 Å². The average molecular weight is 246 g/mol. The Morgan fingerprint density at radius 3 is 2.11 bits per heavy atom. The fourth-order valence-corrected chi connectivity index (χ4v) is 1.41. The normalized spacial score (nSPS) is 10.2. The lowest BCUT2D eigenvalue weighted by Crippen LogP contribution is -2.13. The van der Waals surface area contributed by atoms with Crippen LogP contribution in [0.25, 0.3) is 11.5 Å². The molecule has 92 valence electrons. The van der Waals surface area contributed by atoms with E-state index in [-0.39, 0.29) is 17.5 Å². The van der Waals surface area contributed by atoms with Crippen LogP contribution >= 0.6 is 0 Å². The number of carbonyl (C=O) groups is 2. The predicted molar refractivity (Wildman–Crippen MR) is 63.4 cm³/mol. The Bertz CT molecular complexity index is 616. The van der Waals surface area contributed by atoms with Gasteiger partial charge < -0.3 is 21.6 Å². The second-order valence-corrected chi connectivity index (χ2v) is 3.54. The minimum atomic E-state index is -0.767. The first-order valence-electron chi connectivity index (χ1n) is 4.95. The van der Waals surface area contributed by atoms with Crippen LogP contribution in [0.4, 0.5) is 5.88 Å². The molecular formula is C11H10N4O3. The lowest BCUT2D eigenvalue weighted by molar-refractivity contribution is 0.0990. The predicted octanol–water partition coefficient (Wildman–Crippen LogP) is 0.122. The smallest absolute Gasteiger partial charge is 0.273 e. The van der Waals surface area contributed by atoms with Crippen LogP contribution in [-0.4, -0.2) is 16.8 Å².